The Morgan fingerprint density at radius 3 is 2.79 bits per heavy atom. The van der Waals surface area contributed by atoms with Crippen molar-refractivity contribution in [3.05, 3.63) is 47.5 Å². The zero-order chi connectivity index (χ0) is 16.7. The molecule has 24 heavy (non-hydrogen) atoms. The van der Waals surface area contributed by atoms with Crippen molar-refractivity contribution in [1.29, 1.82) is 5.26 Å². The second-order valence-corrected chi connectivity index (χ2v) is 6.30. The van der Waals surface area contributed by atoms with Gasteiger partial charge >= 0.3 is 0 Å². The van der Waals surface area contributed by atoms with Crippen LogP contribution >= 0.6 is 0 Å². The van der Waals surface area contributed by atoms with Crippen molar-refractivity contribution in [2.24, 2.45) is 0 Å². The SMILES string of the molecule is Cc1nc(CO)cc(-n2ncc3ccc(C4(C#N)CCC4)cc32)n1. The maximum absolute atomic E-state index is 9.58. The first-order chi connectivity index (χ1) is 11.6. The second kappa shape index (κ2) is 5.39. The van der Waals surface area contributed by atoms with Gasteiger partial charge in [-0.25, -0.2) is 14.6 Å². The van der Waals surface area contributed by atoms with E-state index in [1.807, 2.05) is 18.2 Å². The molecule has 0 saturated heterocycles. The number of nitrogens with zero attached hydrogens (tertiary/aromatic N) is 5. The average Bonchev–Trinajstić information content (AvgIpc) is 2.97. The highest BCUT2D eigenvalue weighted by Crippen LogP contribution is 2.43. The summed E-state index contributed by atoms with van der Waals surface area (Å²) in [5.74, 6) is 1.21. The summed E-state index contributed by atoms with van der Waals surface area (Å²) in [6.45, 7) is 1.65. The Morgan fingerprint density at radius 1 is 1.29 bits per heavy atom. The van der Waals surface area contributed by atoms with Crippen LogP contribution in [0.5, 0.6) is 0 Å². The van der Waals surface area contributed by atoms with Gasteiger partial charge in [-0.1, -0.05) is 12.1 Å². The van der Waals surface area contributed by atoms with E-state index in [-0.39, 0.29) is 12.0 Å². The summed E-state index contributed by atoms with van der Waals surface area (Å²) in [4.78, 5) is 8.62. The van der Waals surface area contributed by atoms with E-state index in [1.54, 1.807) is 23.9 Å². The number of aliphatic hydroxyl groups excluding tert-OH is 1. The molecule has 0 amide bonds. The number of hydrogen-bond donors (Lipinski definition) is 1. The number of benzene rings is 1. The molecule has 0 unspecified atom stereocenters. The third-order valence-electron chi connectivity index (χ3n) is 4.80. The summed E-state index contributed by atoms with van der Waals surface area (Å²) >= 11 is 0. The van der Waals surface area contributed by atoms with E-state index in [2.05, 4.69) is 21.1 Å². The molecule has 4 rings (SSSR count). The maximum atomic E-state index is 9.58. The monoisotopic (exact) mass is 319 g/mol. The smallest absolute Gasteiger partial charge is 0.158 e. The summed E-state index contributed by atoms with van der Waals surface area (Å²) in [7, 11) is 0. The highest BCUT2D eigenvalue weighted by molar-refractivity contribution is 5.81. The molecule has 6 nitrogen and oxygen atoms in total. The molecule has 1 aliphatic rings. The molecule has 0 bridgehead atoms. The van der Waals surface area contributed by atoms with Crippen LogP contribution in [0.3, 0.4) is 0 Å². The van der Waals surface area contributed by atoms with E-state index in [1.165, 1.54) is 0 Å². The number of hydrogen-bond acceptors (Lipinski definition) is 5. The van der Waals surface area contributed by atoms with Crippen LogP contribution in [0.15, 0.2) is 30.5 Å². The van der Waals surface area contributed by atoms with E-state index in [9.17, 15) is 10.4 Å². The van der Waals surface area contributed by atoms with Gasteiger partial charge in [-0.2, -0.15) is 10.4 Å². The van der Waals surface area contributed by atoms with Gasteiger partial charge in [-0.15, -0.1) is 0 Å². The molecule has 0 atom stereocenters. The highest BCUT2D eigenvalue weighted by Gasteiger charge is 2.39. The van der Waals surface area contributed by atoms with Gasteiger partial charge in [0.05, 0.1) is 35.5 Å². The first kappa shape index (κ1) is 14.8. The number of aromatic nitrogens is 4. The van der Waals surface area contributed by atoms with Crippen LogP contribution in [-0.4, -0.2) is 24.9 Å². The molecule has 2 aromatic heterocycles. The zero-order valence-electron chi connectivity index (χ0n) is 13.4. The van der Waals surface area contributed by atoms with Crippen molar-refractivity contribution in [3.8, 4) is 11.9 Å². The molecule has 6 heteroatoms. The lowest BCUT2D eigenvalue weighted by molar-refractivity contribution is 0.276. The number of rotatable bonds is 3. The quantitative estimate of drug-likeness (QED) is 0.801. The van der Waals surface area contributed by atoms with Crippen LogP contribution < -0.4 is 0 Å². The molecule has 0 aliphatic heterocycles. The molecule has 0 radical (unpaired) electrons. The van der Waals surface area contributed by atoms with Gasteiger partial charge in [0.25, 0.3) is 0 Å². The Hall–Kier alpha value is -2.78. The minimum absolute atomic E-state index is 0.141. The number of fused-ring (bicyclic) bond motifs is 1. The summed E-state index contributed by atoms with van der Waals surface area (Å²) < 4.78 is 1.75. The van der Waals surface area contributed by atoms with Crippen molar-refractivity contribution in [2.75, 3.05) is 0 Å². The average molecular weight is 319 g/mol. The lowest BCUT2D eigenvalue weighted by Crippen LogP contribution is -2.32. The van der Waals surface area contributed by atoms with E-state index < -0.39 is 0 Å². The topological polar surface area (TPSA) is 87.6 Å². The van der Waals surface area contributed by atoms with Gasteiger partial charge in [-0.05, 0) is 37.8 Å². The van der Waals surface area contributed by atoms with Crippen molar-refractivity contribution in [2.45, 2.75) is 38.2 Å². The predicted octanol–water partition coefficient (Wildman–Crippen LogP) is 2.56. The summed E-state index contributed by atoms with van der Waals surface area (Å²) in [6.07, 6.45) is 4.69. The Bertz CT molecular complexity index is 965. The van der Waals surface area contributed by atoms with Crippen LogP contribution in [0.25, 0.3) is 16.7 Å². The largest absolute Gasteiger partial charge is 0.390 e. The van der Waals surface area contributed by atoms with Gasteiger partial charge in [0.1, 0.15) is 5.82 Å². The third-order valence-corrected chi connectivity index (χ3v) is 4.80. The predicted molar refractivity (Wildman–Crippen MR) is 88.5 cm³/mol. The molecule has 1 aromatic carbocycles. The number of aryl methyl sites for hydroxylation is 1. The highest BCUT2D eigenvalue weighted by atomic mass is 16.3. The van der Waals surface area contributed by atoms with Crippen LogP contribution in [0.1, 0.15) is 36.3 Å². The fourth-order valence-corrected chi connectivity index (χ4v) is 3.30. The standard InChI is InChI=1S/C18H17N5O/c1-12-21-15(10-24)8-17(22-12)23-16-7-14(4-3-13(16)9-20-23)18(11-19)5-2-6-18/h3-4,7-9,24H,2,5-6,10H2,1H3. The van der Waals surface area contributed by atoms with Crippen molar-refractivity contribution >= 4 is 10.9 Å². The Kier molecular flexibility index (Phi) is 3.32. The van der Waals surface area contributed by atoms with E-state index in [0.29, 0.717) is 17.3 Å². The van der Waals surface area contributed by atoms with Crippen LogP contribution in [0.2, 0.25) is 0 Å². The fourth-order valence-electron chi connectivity index (χ4n) is 3.30. The molecule has 3 aromatic rings. The summed E-state index contributed by atoms with van der Waals surface area (Å²) in [6, 6.07) is 10.3. The molecule has 1 fully saturated rings. The van der Waals surface area contributed by atoms with Gasteiger partial charge in [0, 0.05) is 11.5 Å². The number of nitriles is 1. The maximum Gasteiger partial charge on any atom is 0.158 e. The summed E-state index contributed by atoms with van der Waals surface area (Å²) in [5.41, 5.74) is 2.15. The third kappa shape index (κ3) is 2.17. The molecule has 2 heterocycles. The first-order valence-corrected chi connectivity index (χ1v) is 8.00. The first-order valence-electron chi connectivity index (χ1n) is 8.00. The molecule has 0 spiro atoms. The van der Waals surface area contributed by atoms with E-state index in [4.69, 9.17) is 0 Å². The fraction of sp³-hybridized carbons (Fsp3) is 0.333. The Labute approximate surface area is 139 Å². The van der Waals surface area contributed by atoms with Gasteiger partial charge in [0.15, 0.2) is 5.82 Å². The lowest BCUT2D eigenvalue weighted by Gasteiger charge is -2.35. The second-order valence-electron chi connectivity index (χ2n) is 6.30. The molecule has 1 N–H and O–H groups in total. The number of aliphatic hydroxyl groups is 1. The van der Waals surface area contributed by atoms with Crippen LogP contribution in [0.4, 0.5) is 0 Å². The molecular weight excluding hydrogens is 302 g/mol. The van der Waals surface area contributed by atoms with Gasteiger partial charge < -0.3 is 5.11 Å². The molecule has 1 aliphatic carbocycles. The van der Waals surface area contributed by atoms with Crippen LogP contribution in [-0.2, 0) is 12.0 Å². The van der Waals surface area contributed by atoms with Gasteiger partial charge in [-0.3, -0.25) is 0 Å². The molecule has 120 valence electrons. The minimum atomic E-state index is -0.360. The lowest BCUT2D eigenvalue weighted by atomic mass is 9.65. The van der Waals surface area contributed by atoms with Crippen LogP contribution in [0, 0.1) is 18.3 Å². The van der Waals surface area contributed by atoms with Crippen molar-refractivity contribution < 1.29 is 5.11 Å². The van der Waals surface area contributed by atoms with E-state index >= 15 is 0 Å². The van der Waals surface area contributed by atoms with Gasteiger partial charge in [0.2, 0.25) is 0 Å². The van der Waals surface area contributed by atoms with Crippen molar-refractivity contribution in [3.63, 3.8) is 0 Å². The Balaban J connectivity index is 1.88. The Morgan fingerprint density at radius 2 is 2.12 bits per heavy atom. The molecular formula is C18H17N5O. The normalized spacial score (nSPS) is 15.9. The summed E-state index contributed by atoms with van der Waals surface area (Å²) in [5, 5.41) is 24.4. The zero-order valence-corrected chi connectivity index (χ0v) is 13.4. The molecule has 1 saturated carbocycles. The van der Waals surface area contributed by atoms with Crippen molar-refractivity contribution in [1.82, 2.24) is 19.7 Å². The minimum Gasteiger partial charge on any atom is -0.390 e. The van der Waals surface area contributed by atoms with E-state index in [0.717, 1.165) is 35.7 Å².